The Labute approximate surface area is 115 Å². The highest BCUT2D eigenvalue weighted by molar-refractivity contribution is 5.42. The van der Waals surface area contributed by atoms with Crippen LogP contribution < -0.4 is 9.47 Å². The zero-order valence-corrected chi connectivity index (χ0v) is 11.7. The number of hydrogen-bond donors (Lipinski definition) is 0. The van der Waals surface area contributed by atoms with Gasteiger partial charge in [-0.15, -0.1) is 0 Å². The topological polar surface area (TPSA) is 18.5 Å². The first-order chi connectivity index (χ1) is 9.19. The van der Waals surface area contributed by atoms with Gasteiger partial charge >= 0.3 is 0 Å². The summed E-state index contributed by atoms with van der Waals surface area (Å²) in [4.78, 5) is 0. The molecule has 2 aromatic rings. The van der Waals surface area contributed by atoms with Crippen LogP contribution in [0.25, 0.3) is 0 Å². The Morgan fingerprint density at radius 3 is 2.32 bits per heavy atom. The van der Waals surface area contributed by atoms with Crippen molar-refractivity contribution in [3.63, 3.8) is 0 Å². The average molecular weight is 256 g/mol. The molecule has 0 fully saturated rings. The van der Waals surface area contributed by atoms with Gasteiger partial charge < -0.3 is 9.47 Å². The Kier molecular flexibility index (Phi) is 4.45. The Balaban J connectivity index is 2.19. The molecule has 19 heavy (non-hydrogen) atoms. The number of rotatable bonds is 5. The fraction of sp³-hybridized carbons (Fsp3) is 0.294. The highest BCUT2D eigenvalue weighted by atomic mass is 16.5. The van der Waals surface area contributed by atoms with Gasteiger partial charge in [0.05, 0.1) is 7.11 Å². The van der Waals surface area contributed by atoms with E-state index < -0.39 is 0 Å². The van der Waals surface area contributed by atoms with E-state index in [1.807, 2.05) is 42.5 Å². The van der Waals surface area contributed by atoms with Crippen molar-refractivity contribution >= 4 is 0 Å². The summed E-state index contributed by atoms with van der Waals surface area (Å²) < 4.78 is 11.2. The van der Waals surface area contributed by atoms with Crippen molar-refractivity contribution in [1.82, 2.24) is 0 Å². The highest BCUT2D eigenvalue weighted by Gasteiger charge is 2.07. The van der Waals surface area contributed by atoms with Crippen molar-refractivity contribution in [1.29, 1.82) is 0 Å². The first-order valence-electron chi connectivity index (χ1n) is 6.59. The maximum Gasteiger partial charge on any atom is 0.131 e. The zero-order chi connectivity index (χ0) is 13.7. The number of ether oxygens (including phenoxy) is 2. The lowest BCUT2D eigenvalue weighted by atomic mass is 10.0. The van der Waals surface area contributed by atoms with E-state index in [4.69, 9.17) is 9.47 Å². The molecule has 0 bridgehead atoms. The fourth-order valence-corrected chi connectivity index (χ4v) is 2.02. The van der Waals surface area contributed by atoms with Crippen LogP contribution in [0.3, 0.4) is 0 Å². The normalized spacial score (nSPS) is 10.5. The summed E-state index contributed by atoms with van der Waals surface area (Å²) in [5, 5.41) is 0. The molecule has 0 atom stereocenters. The molecular weight excluding hydrogens is 236 g/mol. The molecule has 0 spiro atoms. The minimum absolute atomic E-state index is 0.606. The Hall–Kier alpha value is -1.96. The first kappa shape index (κ1) is 13.5. The molecule has 0 N–H and O–H groups in total. The summed E-state index contributed by atoms with van der Waals surface area (Å²) in [6.07, 6.45) is 1.01. The van der Waals surface area contributed by atoms with Gasteiger partial charge in [0.2, 0.25) is 0 Å². The van der Waals surface area contributed by atoms with E-state index in [1.54, 1.807) is 7.11 Å². The number of methoxy groups -OCH3 is 1. The van der Waals surface area contributed by atoms with E-state index in [-0.39, 0.29) is 0 Å². The van der Waals surface area contributed by atoms with E-state index in [1.165, 1.54) is 5.56 Å². The van der Waals surface area contributed by atoms with Crippen molar-refractivity contribution in [2.45, 2.75) is 20.3 Å². The van der Waals surface area contributed by atoms with Gasteiger partial charge in [-0.05, 0) is 36.1 Å². The van der Waals surface area contributed by atoms with Crippen molar-refractivity contribution in [3.05, 3.63) is 54.1 Å². The monoisotopic (exact) mass is 256 g/mol. The SMILES string of the molecule is COc1cc(Oc2ccccc2)ccc1CC(C)C. The molecular formula is C17H20O2. The van der Waals surface area contributed by atoms with E-state index in [0.29, 0.717) is 5.92 Å². The number of hydrogen-bond acceptors (Lipinski definition) is 2. The van der Waals surface area contributed by atoms with Gasteiger partial charge in [-0.3, -0.25) is 0 Å². The molecule has 0 aromatic heterocycles. The molecule has 0 heterocycles. The van der Waals surface area contributed by atoms with Crippen LogP contribution in [0.5, 0.6) is 17.2 Å². The van der Waals surface area contributed by atoms with Gasteiger partial charge in [0.1, 0.15) is 17.2 Å². The standard InChI is InChI=1S/C17H20O2/c1-13(2)11-14-9-10-16(12-17(14)18-3)19-15-7-5-4-6-8-15/h4-10,12-13H,11H2,1-3H3. The lowest BCUT2D eigenvalue weighted by molar-refractivity contribution is 0.401. The number of para-hydroxylation sites is 1. The van der Waals surface area contributed by atoms with Crippen LogP contribution in [-0.4, -0.2) is 7.11 Å². The van der Waals surface area contributed by atoms with Crippen LogP contribution in [0.4, 0.5) is 0 Å². The largest absolute Gasteiger partial charge is 0.496 e. The van der Waals surface area contributed by atoms with Crippen molar-refractivity contribution in [2.75, 3.05) is 7.11 Å². The van der Waals surface area contributed by atoms with Crippen LogP contribution in [-0.2, 0) is 6.42 Å². The summed E-state index contributed by atoms with van der Waals surface area (Å²) in [6.45, 7) is 4.40. The molecule has 0 unspecified atom stereocenters. The predicted molar refractivity (Wildman–Crippen MR) is 78.1 cm³/mol. The second-order valence-electron chi connectivity index (χ2n) is 4.99. The third kappa shape index (κ3) is 3.75. The maximum absolute atomic E-state index is 5.80. The third-order valence-corrected chi connectivity index (χ3v) is 2.87. The van der Waals surface area contributed by atoms with Crippen molar-refractivity contribution in [3.8, 4) is 17.2 Å². The van der Waals surface area contributed by atoms with Crippen LogP contribution >= 0.6 is 0 Å². The van der Waals surface area contributed by atoms with E-state index in [9.17, 15) is 0 Å². The van der Waals surface area contributed by atoms with E-state index >= 15 is 0 Å². The molecule has 2 nitrogen and oxygen atoms in total. The van der Waals surface area contributed by atoms with Crippen LogP contribution in [0, 0.1) is 5.92 Å². The third-order valence-electron chi connectivity index (χ3n) is 2.87. The van der Waals surface area contributed by atoms with Gasteiger partial charge in [-0.2, -0.15) is 0 Å². The lowest BCUT2D eigenvalue weighted by Gasteiger charge is -2.13. The minimum Gasteiger partial charge on any atom is -0.496 e. The van der Waals surface area contributed by atoms with Gasteiger partial charge in [-0.1, -0.05) is 38.1 Å². The summed E-state index contributed by atoms with van der Waals surface area (Å²) in [5.41, 5.74) is 1.22. The molecule has 0 aliphatic heterocycles. The second-order valence-corrected chi connectivity index (χ2v) is 4.99. The molecule has 0 radical (unpaired) electrons. The van der Waals surface area contributed by atoms with Crippen molar-refractivity contribution < 1.29 is 9.47 Å². The molecule has 2 heteroatoms. The Morgan fingerprint density at radius 2 is 1.68 bits per heavy atom. The molecule has 2 rings (SSSR count). The number of benzene rings is 2. The van der Waals surface area contributed by atoms with Crippen LogP contribution in [0.15, 0.2) is 48.5 Å². The summed E-state index contributed by atoms with van der Waals surface area (Å²) in [5.74, 6) is 3.13. The molecule has 2 aromatic carbocycles. The van der Waals surface area contributed by atoms with Crippen molar-refractivity contribution in [2.24, 2.45) is 5.92 Å². The zero-order valence-electron chi connectivity index (χ0n) is 11.7. The van der Waals surface area contributed by atoms with Crippen LogP contribution in [0.2, 0.25) is 0 Å². The molecule has 0 saturated heterocycles. The lowest BCUT2D eigenvalue weighted by Crippen LogP contribution is -1.98. The fourth-order valence-electron chi connectivity index (χ4n) is 2.02. The quantitative estimate of drug-likeness (QED) is 0.773. The van der Waals surface area contributed by atoms with Gasteiger partial charge in [0.25, 0.3) is 0 Å². The molecule has 100 valence electrons. The summed E-state index contributed by atoms with van der Waals surface area (Å²) in [6, 6.07) is 15.8. The first-order valence-corrected chi connectivity index (χ1v) is 6.59. The molecule has 0 aliphatic rings. The Bertz CT molecular complexity index is 518. The smallest absolute Gasteiger partial charge is 0.131 e. The van der Waals surface area contributed by atoms with E-state index in [0.717, 1.165) is 23.7 Å². The summed E-state index contributed by atoms with van der Waals surface area (Å²) >= 11 is 0. The maximum atomic E-state index is 5.80. The van der Waals surface area contributed by atoms with Gasteiger partial charge in [0, 0.05) is 6.07 Å². The molecule has 0 aliphatic carbocycles. The second kappa shape index (κ2) is 6.28. The van der Waals surface area contributed by atoms with E-state index in [2.05, 4.69) is 19.9 Å². The van der Waals surface area contributed by atoms with Crippen LogP contribution in [0.1, 0.15) is 19.4 Å². The predicted octanol–water partition coefficient (Wildman–Crippen LogP) is 4.69. The average Bonchev–Trinajstić information content (AvgIpc) is 2.41. The van der Waals surface area contributed by atoms with Gasteiger partial charge in [0.15, 0.2) is 0 Å². The summed E-state index contributed by atoms with van der Waals surface area (Å²) in [7, 11) is 1.70. The molecule has 0 saturated carbocycles. The Morgan fingerprint density at radius 1 is 0.947 bits per heavy atom. The minimum atomic E-state index is 0.606. The van der Waals surface area contributed by atoms with Gasteiger partial charge in [-0.25, -0.2) is 0 Å². The molecule has 0 amide bonds. The highest BCUT2D eigenvalue weighted by Crippen LogP contribution is 2.29.